The van der Waals surface area contributed by atoms with Crippen LogP contribution in [0.3, 0.4) is 0 Å². The Kier molecular flexibility index (Phi) is 7.85. The standard InChI is InChI=1S/C25H31N5O3S2/c1-5-32-14-21-28-22-23(29(21)16-25(2,3)31)19-9-8-18(12-20(19)27-24(22)26)33-13-17-15-35-30(17)10-6-7-11-34-4/h6-12,15,31H,5,13-14,16H2,1-4H3,(H2,26,27)/b10-6+,11-7-. The minimum absolute atomic E-state index is 0.328. The number of anilines is 1. The third kappa shape index (κ3) is 5.90. The molecule has 0 saturated carbocycles. The van der Waals surface area contributed by atoms with Gasteiger partial charge < -0.3 is 24.9 Å². The normalized spacial score (nSPS) is 12.7. The molecule has 0 aliphatic carbocycles. The monoisotopic (exact) mass is 513 g/mol. The van der Waals surface area contributed by atoms with Crippen LogP contribution in [0.15, 0.2) is 41.1 Å². The van der Waals surface area contributed by atoms with Gasteiger partial charge in [-0.2, -0.15) is 0 Å². The molecule has 0 unspecified atom stereocenters. The van der Waals surface area contributed by atoms with Gasteiger partial charge in [-0.15, -0.1) is 11.8 Å². The van der Waals surface area contributed by atoms with Crippen LogP contribution in [0.25, 0.3) is 28.1 Å². The van der Waals surface area contributed by atoms with Gasteiger partial charge in [0.2, 0.25) is 0 Å². The Bertz CT molecular complexity index is 1360. The SMILES string of the molecule is CCOCc1nc2c(N)nc3cc(OCc4csn4/C=C/C=C\SC)ccc3c2n1CC(C)(C)O. The number of rotatable bonds is 11. The molecular formula is C25H31N5O3S2. The van der Waals surface area contributed by atoms with Crippen LogP contribution in [0, 0.1) is 0 Å². The second-order valence-electron chi connectivity index (χ2n) is 8.67. The molecular weight excluding hydrogens is 482 g/mol. The summed E-state index contributed by atoms with van der Waals surface area (Å²) < 4.78 is 15.7. The number of benzene rings is 1. The lowest BCUT2D eigenvalue weighted by molar-refractivity contribution is 0.0582. The Morgan fingerprint density at radius 2 is 2.06 bits per heavy atom. The molecule has 0 radical (unpaired) electrons. The number of nitrogens with zero attached hydrogens (tertiary/aromatic N) is 4. The summed E-state index contributed by atoms with van der Waals surface area (Å²) in [5.74, 6) is 1.75. The smallest absolute Gasteiger partial charge is 0.152 e. The van der Waals surface area contributed by atoms with E-state index in [9.17, 15) is 5.11 Å². The number of thioether (sulfide) groups is 1. The summed E-state index contributed by atoms with van der Waals surface area (Å²) in [7, 11) is 0. The molecule has 0 amide bonds. The van der Waals surface area contributed by atoms with E-state index < -0.39 is 5.60 Å². The zero-order chi connectivity index (χ0) is 25.0. The van der Waals surface area contributed by atoms with Crippen LogP contribution >= 0.6 is 23.3 Å². The average molecular weight is 514 g/mol. The maximum absolute atomic E-state index is 10.6. The van der Waals surface area contributed by atoms with Gasteiger partial charge in [0.15, 0.2) is 5.82 Å². The highest BCUT2D eigenvalue weighted by Crippen LogP contribution is 2.32. The molecule has 0 bridgehead atoms. The average Bonchev–Trinajstić information content (AvgIpc) is 3.14. The summed E-state index contributed by atoms with van der Waals surface area (Å²) in [4.78, 5) is 9.31. The van der Waals surface area contributed by atoms with E-state index in [-0.39, 0.29) is 0 Å². The summed E-state index contributed by atoms with van der Waals surface area (Å²) in [6.07, 6.45) is 8.05. The van der Waals surface area contributed by atoms with Crippen molar-refractivity contribution in [2.24, 2.45) is 0 Å². The summed E-state index contributed by atoms with van der Waals surface area (Å²) in [5, 5.41) is 15.5. The van der Waals surface area contributed by atoms with E-state index in [1.165, 1.54) is 0 Å². The van der Waals surface area contributed by atoms with Crippen LogP contribution in [0.5, 0.6) is 5.75 Å². The van der Waals surface area contributed by atoms with Gasteiger partial charge in [0.1, 0.15) is 30.3 Å². The zero-order valence-corrected chi connectivity index (χ0v) is 22.0. The predicted molar refractivity (Wildman–Crippen MR) is 146 cm³/mol. The Balaban J connectivity index is 1.65. The molecule has 3 N–H and O–H groups in total. The molecule has 0 fully saturated rings. The first kappa shape index (κ1) is 25.3. The highest BCUT2D eigenvalue weighted by atomic mass is 32.2. The van der Waals surface area contributed by atoms with Gasteiger partial charge in [-0.3, -0.25) is 3.96 Å². The van der Waals surface area contributed by atoms with Crippen molar-refractivity contribution in [3.63, 3.8) is 0 Å². The maximum atomic E-state index is 10.6. The molecule has 0 aliphatic heterocycles. The lowest BCUT2D eigenvalue weighted by Crippen LogP contribution is -2.27. The second-order valence-corrected chi connectivity index (χ2v) is 10.3. The van der Waals surface area contributed by atoms with E-state index in [1.807, 2.05) is 59.7 Å². The zero-order valence-electron chi connectivity index (χ0n) is 20.4. The second kappa shape index (κ2) is 10.9. The summed E-state index contributed by atoms with van der Waals surface area (Å²) in [5.41, 5.74) is 8.62. The van der Waals surface area contributed by atoms with Crippen molar-refractivity contribution in [1.29, 1.82) is 0 Å². The molecule has 4 rings (SSSR count). The summed E-state index contributed by atoms with van der Waals surface area (Å²) in [6, 6.07) is 5.79. The predicted octanol–water partition coefficient (Wildman–Crippen LogP) is 5.26. The molecule has 4 aromatic rings. The molecule has 0 atom stereocenters. The van der Waals surface area contributed by atoms with E-state index in [1.54, 1.807) is 37.1 Å². The Hall–Kier alpha value is -2.79. The quantitative estimate of drug-likeness (QED) is 0.264. The maximum Gasteiger partial charge on any atom is 0.152 e. The molecule has 1 aromatic carbocycles. The molecule has 8 nitrogen and oxygen atoms in total. The highest BCUT2D eigenvalue weighted by molar-refractivity contribution is 8.01. The Labute approximate surface area is 213 Å². The van der Waals surface area contributed by atoms with Crippen LogP contribution in [-0.4, -0.2) is 42.1 Å². The minimum atomic E-state index is -0.942. The number of nitrogens with two attached hydrogens (primary N) is 1. The van der Waals surface area contributed by atoms with E-state index in [0.29, 0.717) is 54.8 Å². The van der Waals surface area contributed by atoms with E-state index in [0.717, 1.165) is 16.6 Å². The third-order valence-electron chi connectivity index (χ3n) is 5.25. The lowest BCUT2D eigenvalue weighted by atomic mass is 10.1. The van der Waals surface area contributed by atoms with Crippen molar-refractivity contribution in [3.8, 4) is 5.75 Å². The highest BCUT2D eigenvalue weighted by Gasteiger charge is 2.22. The van der Waals surface area contributed by atoms with Crippen molar-refractivity contribution < 1.29 is 14.6 Å². The van der Waals surface area contributed by atoms with Crippen molar-refractivity contribution in [1.82, 2.24) is 18.5 Å². The number of nitrogen functional groups attached to an aromatic ring is 1. The fourth-order valence-electron chi connectivity index (χ4n) is 3.71. The minimum Gasteiger partial charge on any atom is -0.487 e. The largest absolute Gasteiger partial charge is 0.487 e. The summed E-state index contributed by atoms with van der Waals surface area (Å²) >= 11 is 3.28. The molecule has 0 saturated heterocycles. The molecule has 0 aliphatic rings. The third-order valence-corrected chi connectivity index (χ3v) is 6.64. The van der Waals surface area contributed by atoms with Crippen molar-refractivity contribution >= 4 is 57.2 Å². The number of fused-ring (bicyclic) bond motifs is 3. The first-order valence-electron chi connectivity index (χ1n) is 11.3. The van der Waals surface area contributed by atoms with Gasteiger partial charge in [-0.1, -0.05) is 17.6 Å². The van der Waals surface area contributed by atoms with Gasteiger partial charge >= 0.3 is 0 Å². The van der Waals surface area contributed by atoms with E-state index in [4.69, 9.17) is 20.2 Å². The molecule has 3 heterocycles. The number of imidazole rings is 1. The van der Waals surface area contributed by atoms with Crippen LogP contribution in [-0.2, 0) is 24.5 Å². The van der Waals surface area contributed by atoms with Gasteiger partial charge in [-0.05, 0) is 50.6 Å². The molecule has 10 heteroatoms. The first-order chi connectivity index (χ1) is 16.8. The fourth-order valence-corrected chi connectivity index (χ4v) is 4.60. The van der Waals surface area contributed by atoms with Gasteiger partial charge in [0.25, 0.3) is 0 Å². The number of aliphatic hydroxyl groups is 1. The number of pyridine rings is 1. The number of hydrogen-bond acceptors (Lipinski definition) is 8. The van der Waals surface area contributed by atoms with Crippen LogP contribution in [0.1, 0.15) is 32.3 Å². The van der Waals surface area contributed by atoms with E-state index in [2.05, 4.69) is 14.3 Å². The van der Waals surface area contributed by atoms with Gasteiger partial charge in [-0.25, -0.2) is 9.97 Å². The Morgan fingerprint density at radius 1 is 1.23 bits per heavy atom. The van der Waals surface area contributed by atoms with Crippen LogP contribution < -0.4 is 10.5 Å². The topological polar surface area (TPSA) is 100 Å². The lowest BCUT2D eigenvalue weighted by Gasteiger charge is -2.20. The number of ether oxygens (including phenoxy) is 2. The number of aromatic nitrogens is 4. The van der Waals surface area contributed by atoms with E-state index >= 15 is 0 Å². The first-order valence-corrected chi connectivity index (χ1v) is 13.5. The Morgan fingerprint density at radius 3 is 2.74 bits per heavy atom. The van der Waals surface area contributed by atoms with Gasteiger partial charge in [0.05, 0.1) is 28.9 Å². The van der Waals surface area contributed by atoms with Gasteiger partial charge in [0, 0.05) is 29.6 Å². The van der Waals surface area contributed by atoms with Crippen molar-refractivity contribution in [3.05, 3.63) is 52.7 Å². The van der Waals surface area contributed by atoms with Crippen molar-refractivity contribution in [2.45, 2.75) is 46.1 Å². The van der Waals surface area contributed by atoms with Crippen molar-refractivity contribution in [2.75, 3.05) is 18.6 Å². The molecule has 0 spiro atoms. The fraction of sp³-hybridized carbons (Fsp3) is 0.360. The summed E-state index contributed by atoms with van der Waals surface area (Å²) in [6.45, 7) is 7.17. The van der Waals surface area contributed by atoms with Crippen LogP contribution in [0.4, 0.5) is 5.82 Å². The number of hydrogen-bond donors (Lipinski definition) is 2. The van der Waals surface area contributed by atoms with Crippen LogP contribution in [0.2, 0.25) is 0 Å². The molecule has 186 valence electrons. The number of allylic oxidation sites excluding steroid dienone is 2. The molecule has 3 aromatic heterocycles. The molecule has 35 heavy (non-hydrogen) atoms.